The van der Waals surface area contributed by atoms with Crippen molar-refractivity contribution in [3.05, 3.63) is 0 Å². The summed E-state index contributed by atoms with van der Waals surface area (Å²) in [7, 11) is 3.40. The van der Waals surface area contributed by atoms with Gasteiger partial charge in [0.2, 0.25) is 6.10 Å². The first kappa shape index (κ1) is 38.7. The predicted octanol–water partition coefficient (Wildman–Crippen LogP) is -0.0449. The zero-order valence-electron chi connectivity index (χ0n) is 25.4. The minimum Gasteiger partial charge on any atom is -0.469 e. The SMILES string of the molecule is COCC(O)COC(=O)C(CC(=O)OC(C)C)C(CC(=O)OC(C(=O)OC)C(C(=O)OC)C(C)C)C(=O)OCC(C)O. The lowest BCUT2D eigenvalue weighted by Gasteiger charge is -2.28. The lowest BCUT2D eigenvalue weighted by atomic mass is 9.86. The average Bonchev–Trinajstić information content (AvgIpc) is 2.90. The molecule has 242 valence electrons. The van der Waals surface area contributed by atoms with Gasteiger partial charge in [0.25, 0.3) is 0 Å². The second kappa shape index (κ2) is 19.8. The van der Waals surface area contributed by atoms with Crippen LogP contribution in [0.15, 0.2) is 0 Å². The maximum atomic E-state index is 13.1. The van der Waals surface area contributed by atoms with Crippen LogP contribution in [0, 0.1) is 23.7 Å². The van der Waals surface area contributed by atoms with E-state index in [2.05, 4.69) is 0 Å². The van der Waals surface area contributed by atoms with Gasteiger partial charge in [-0.05, 0) is 26.7 Å². The molecular weight excluding hydrogens is 564 g/mol. The van der Waals surface area contributed by atoms with Crippen LogP contribution in [0.3, 0.4) is 0 Å². The van der Waals surface area contributed by atoms with Crippen LogP contribution in [0.4, 0.5) is 0 Å². The van der Waals surface area contributed by atoms with Crippen molar-refractivity contribution in [3.8, 4) is 0 Å². The largest absolute Gasteiger partial charge is 0.469 e. The highest BCUT2D eigenvalue weighted by molar-refractivity contribution is 5.90. The molecule has 0 aliphatic carbocycles. The van der Waals surface area contributed by atoms with Crippen LogP contribution in [-0.2, 0) is 61.9 Å². The maximum Gasteiger partial charge on any atom is 0.348 e. The predicted molar refractivity (Wildman–Crippen MR) is 141 cm³/mol. The van der Waals surface area contributed by atoms with Gasteiger partial charge < -0.3 is 43.4 Å². The fraction of sp³-hybridized carbons (Fsp3) is 0.778. The minimum atomic E-state index is -1.77. The number of aliphatic hydroxyl groups is 2. The van der Waals surface area contributed by atoms with Crippen molar-refractivity contribution in [2.45, 2.75) is 71.9 Å². The molecule has 15 nitrogen and oxygen atoms in total. The van der Waals surface area contributed by atoms with Crippen molar-refractivity contribution < 1.29 is 72.1 Å². The summed E-state index contributed by atoms with van der Waals surface area (Å²) in [6.07, 6.45) is -6.37. The van der Waals surface area contributed by atoms with Crippen LogP contribution < -0.4 is 0 Å². The normalized spacial score (nSPS) is 15.4. The molecule has 6 atom stereocenters. The van der Waals surface area contributed by atoms with Gasteiger partial charge >= 0.3 is 35.8 Å². The topological polar surface area (TPSA) is 207 Å². The molecule has 0 aromatic heterocycles. The number of rotatable bonds is 19. The zero-order valence-corrected chi connectivity index (χ0v) is 25.4. The smallest absolute Gasteiger partial charge is 0.348 e. The van der Waals surface area contributed by atoms with E-state index in [0.29, 0.717) is 0 Å². The van der Waals surface area contributed by atoms with E-state index in [1.54, 1.807) is 27.7 Å². The summed E-state index contributed by atoms with van der Waals surface area (Å²) < 4.78 is 34.7. The van der Waals surface area contributed by atoms with Gasteiger partial charge in [0.15, 0.2) is 0 Å². The molecule has 0 rings (SSSR count). The monoisotopic (exact) mass is 608 g/mol. The summed E-state index contributed by atoms with van der Waals surface area (Å²) in [5.74, 6) is -11.7. The Morgan fingerprint density at radius 2 is 1.10 bits per heavy atom. The second-order valence-corrected chi connectivity index (χ2v) is 10.1. The van der Waals surface area contributed by atoms with E-state index in [1.807, 2.05) is 0 Å². The first-order valence-electron chi connectivity index (χ1n) is 13.3. The number of esters is 6. The van der Waals surface area contributed by atoms with E-state index < -0.39 is 110 Å². The van der Waals surface area contributed by atoms with Crippen molar-refractivity contribution in [1.82, 2.24) is 0 Å². The van der Waals surface area contributed by atoms with Gasteiger partial charge in [-0.25, -0.2) is 4.79 Å². The number of methoxy groups -OCH3 is 3. The fourth-order valence-electron chi connectivity index (χ4n) is 3.74. The van der Waals surface area contributed by atoms with Crippen molar-refractivity contribution in [1.29, 1.82) is 0 Å². The lowest BCUT2D eigenvalue weighted by Crippen LogP contribution is -2.44. The molecule has 2 N–H and O–H groups in total. The first-order valence-corrected chi connectivity index (χ1v) is 13.3. The number of carbonyl (C=O) groups is 6. The first-order chi connectivity index (χ1) is 19.6. The van der Waals surface area contributed by atoms with E-state index in [4.69, 9.17) is 33.2 Å². The molecule has 0 aliphatic heterocycles. The molecule has 0 aromatic carbocycles. The van der Waals surface area contributed by atoms with Crippen molar-refractivity contribution >= 4 is 35.8 Å². The summed E-state index contributed by atoms with van der Waals surface area (Å²) in [5.41, 5.74) is 0. The molecule has 0 radical (unpaired) electrons. The van der Waals surface area contributed by atoms with E-state index in [9.17, 15) is 39.0 Å². The van der Waals surface area contributed by atoms with Gasteiger partial charge in [0.05, 0.1) is 57.7 Å². The van der Waals surface area contributed by atoms with Crippen LogP contribution in [0.5, 0.6) is 0 Å². The summed E-state index contributed by atoms with van der Waals surface area (Å²) in [4.78, 5) is 76.8. The molecule has 0 aromatic rings. The molecule has 0 aliphatic rings. The van der Waals surface area contributed by atoms with Crippen molar-refractivity contribution in [3.63, 3.8) is 0 Å². The van der Waals surface area contributed by atoms with Crippen LogP contribution in [-0.4, -0.2) is 112 Å². The zero-order chi connectivity index (χ0) is 32.6. The molecule has 0 spiro atoms. The number of ether oxygens (including phenoxy) is 7. The van der Waals surface area contributed by atoms with Crippen LogP contribution in [0.2, 0.25) is 0 Å². The van der Waals surface area contributed by atoms with Crippen molar-refractivity contribution in [2.24, 2.45) is 23.7 Å². The van der Waals surface area contributed by atoms with E-state index >= 15 is 0 Å². The number of aliphatic hydroxyl groups excluding tert-OH is 2. The van der Waals surface area contributed by atoms with Gasteiger partial charge in [0, 0.05) is 7.11 Å². The van der Waals surface area contributed by atoms with E-state index in [1.165, 1.54) is 14.0 Å². The van der Waals surface area contributed by atoms with Gasteiger partial charge in [-0.2, -0.15) is 0 Å². The Hall–Kier alpha value is -3.30. The summed E-state index contributed by atoms with van der Waals surface area (Å²) in [6.45, 7) is 6.30. The van der Waals surface area contributed by atoms with Gasteiger partial charge in [0.1, 0.15) is 25.2 Å². The highest BCUT2D eigenvalue weighted by atomic mass is 16.6. The third kappa shape index (κ3) is 14.0. The standard InChI is InChI=1S/C27H44O15/c1-14(2)22(26(34)37-7)23(27(35)38-8)42-21(31)10-19(24(32)39-11-16(5)28)18(9-20(30)41-15(3)4)25(33)40-13-17(29)12-36-6/h14-19,22-23,28-29H,9-13H2,1-8H3. The Morgan fingerprint density at radius 3 is 1.50 bits per heavy atom. The minimum absolute atomic E-state index is 0.189. The fourth-order valence-corrected chi connectivity index (χ4v) is 3.74. The number of hydrogen-bond donors (Lipinski definition) is 2. The molecule has 6 unspecified atom stereocenters. The molecule has 0 bridgehead atoms. The van der Waals surface area contributed by atoms with Crippen LogP contribution in [0.1, 0.15) is 47.5 Å². The molecule has 0 saturated heterocycles. The molecule has 0 fully saturated rings. The molecular formula is C27H44O15. The number of carbonyl (C=O) groups excluding carboxylic acids is 6. The van der Waals surface area contributed by atoms with Crippen LogP contribution >= 0.6 is 0 Å². The Labute approximate surface area is 245 Å². The number of hydrogen-bond acceptors (Lipinski definition) is 15. The molecule has 0 heterocycles. The average molecular weight is 609 g/mol. The Kier molecular flexibility index (Phi) is 18.2. The highest BCUT2D eigenvalue weighted by Gasteiger charge is 2.44. The molecule has 0 amide bonds. The molecule has 42 heavy (non-hydrogen) atoms. The Morgan fingerprint density at radius 1 is 0.619 bits per heavy atom. The third-order valence-electron chi connectivity index (χ3n) is 5.68. The van der Waals surface area contributed by atoms with Crippen LogP contribution in [0.25, 0.3) is 0 Å². The quantitative estimate of drug-likeness (QED) is 0.146. The van der Waals surface area contributed by atoms with Gasteiger partial charge in [-0.1, -0.05) is 13.8 Å². The summed E-state index contributed by atoms with van der Waals surface area (Å²) in [6, 6.07) is 0. The lowest BCUT2D eigenvalue weighted by molar-refractivity contribution is -0.180. The highest BCUT2D eigenvalue weighted by Crippen LogP contribution is 2.27. The molecule has 0 saturated carbocycles. The molecule has 15 heteroatoms. The Bertz CT molecular complexity index is 898. The second-order valence-electron chi connectivity index (χ2n) is 10.1. The summed E-state index contributed by atoms with van der Waals surface area (Å²) in [5, 5.41) is 19.5. The Balaban J connectivity index is 6.42. The summed E-state index contributed by atoms with van der Waals surface area (Å²) >= 11 is 0. The van der Waals surface area contributed by atoms with Crippen molar-refractivity contribution in [2.75, 3.05) is 41.2 Å². The maximum absolute atomic E-state index is 13.1. The van der Waals surface area contributed by atoms with Gasteiger partial charge in [-0.3, -0.25) is 24.0 Å². The van der Waals surface area contributed by atoms with E-state index in [0.717, 1.165) is 14.2 Å². The van der Waals surface area contributed by atoms with Gasteiger partial charge in [-0.15, -0.1) is 0 Å². The third-order valence-corrected chi connectivity index (χ3v) is 5.68. The van der Waals surface area contributed by atoms with E-state index in [-0.39, 0.29) is 6.61 Å².